The molecule has 2 atom stereocenters. The van der Waals surface area contributed by atoms with Gasteiger partial charge in [-0.15, -0.1) is 0 Å². The molecule has 0 aliphatic rings. The maximum atomic E-state index is 12.3. The van der Waals surface area contributed by atoms with Crippen LogP contribution in [0.2, 0.25) is 0 Å². The van der Waals surface area contributed by atoms with Gasteiger partial charge in [-0.25, -0.2) is 0 Å². The highest BCUT2D eigenvalue weighted by molar-refractivity contribution is 4.70. The fourth-order valence-corrected chi connectivity index (χ4v) is 1.07. The summed E-state index contributed by atoms with van der Waals surface area (Å²) in [5, 5.41) is 3.17. The Morgan fingerprint density at radius 3 is 2.55 bits per heavy atom. The number of nitrogens with one attached hydrogen (secondary N) is 1. The molecular weight excluding hydrogens is 143 g/mol. The third kappa shape index (κ3) is 4.32. The summed E-state index contributed by atoms with van der Waals surface area (Å²) in [4.78, 5) is 0. The molecule has 1 unspecified atom stereocenters. The van der Waals surface area contributed by atoms with Gasteiger partial charge in [0.2, 0.25) is 0 Å². The molecule has 3 heteroatoms. The summed E-state index contributed by atoms with van der Waals surface area (Å²) in [7, 11) is 0. The van der Waals surface area contributed by atoms with Crippen LogP contribution in [0.5, 0.6) is 0 Å². The van der Waals surface area contributed by atoms with Crippen LogP contribution in [0, 0.1) is 5.92 Å². The van der Waals surface area contributed by atoms with Gasteiger partial charge in [0.1, 0.15) is 0 Å². The monoisotopic (exact) mass is 162 g/mol. The Bertz CT molecular complexity index is 84.2. The number of hydrogen-bond acceptors (Lipinski definition) is 2. The molecule has 0 radical (unpaired) electrons. The molecule has 2 nitrogen and oxygen atoms in total. The lowest BCUT2D eigenvalue weighted by atomic mass is 10.0. The van der Waals surface area contributed by atoms with Gasteiger partial charge < -0.3 is 11.1 Å². The molecule has 11 heavy (non-hydrogen) atoms. The SMILES string of the molecule is CC[C@H](CF)C(C)NCCN. The van der Waals surface area contributed by atoms with Crippen LogP contribution in [0.4, 0.5) is 4.39 Å². The van der Waals surface area contributed by atoms with Crippen molar-refractivity contribution in [2.75, 3.05) is 19.8 Å². The highest BCUT2D eigenvalue weighted by Crippen LogP contribution is 2.08. The minimum Gasteiger partial charge on any atom is -0.329 e. The topological polar surface area (TPSA) is 38.0 Å². The molecule has 0 bridgehead atoms. The van der Waals surface area contributed by atoms with E-state index in [-0.39, 0.29) is 18.6 Å². The minimum atomic E-state index is -0.241. The molecule has 0 aliphatic carbocycles. The van der Waals surface area contributed by atoms with Crippen LogP contribution in [-0.4, -0.2) is 25.8 Å². The Balaban J connectivity index is 3.51. The molecule has 68 valence electrons. The van der Waals surface area contributed by atoms with Gasteiger partial charge in [0.25, 0.3) is 0 Å². The molecule has 0 aromatic rings. The standard InChI is InChI=1S/C8H19FN2/c1-3-8(6-9)7(2)11-5-4-10/h7-8,11H,3-6,10H2,1-2H3/t7?,8-/m1/s1. The zero-order valence-corrected chi connectivity index (χ0v) is 7.44. The van der Waals surface area contributed by atoms with Crippen LogP contribution >= 0.6 is 0 Å². The van der Waals surface area contributed by atoms with E-state index in [1.807, 2.05) is 13.8 Å². The number of rotatable bonds is 6. The maximum absolute atomic E-state index is 12.3. The summed E-state index contributed by atoms with van der Waals surface area (Å²) < 4.78 is 12.3. The van der Waals surface area contributed by atoms with Crippen molar-refractivity contribution in [3.8, 4) is 0 Å². The van der Waals surface area contributed by atoms with Crippen molar-refractivity contribution in [1.82, 2.24) is 5.32 Å². The van der Waals surface area contributed by atoms with E-state index in [9.17, 15) is 4.39 Å². The van der Waals surface area contributed by atoms with Crippen molar-refractivity contribution in [1.29, 1.82) is 0 Å². The van der Waals surface area contributed by atoms with Crippen LogP contribution in [0.1, 0.15) is 20.3 Å². The quantitative estimate of drug-likeness (QED) is 0.609. The van der Waals surface area contributed by atoms with Gasteiger partial charge in [-0.3, -0.25) is 4.39 Å². The predicted octanol–water partition coefficient (Wildman–Crippen LogP) is 0.919. The van der Waals surface area contributed by atoms with Gasteiger partial charge >= 0.3 is 0 Å². The molecule has 3 N–H and O–H groups in total. The van der Waals surface area contributed by atoms with Crippen LogP contribution in [0.25, 0.3) is 0 Å². The first-order valence-electron chi connectivity index (χ1n) is 4.25. The second kappa shape index (κ2) is 6.55. The average molecular weight is 162 g/mol. The fourth-order valence-electron chi connectivity index (χ4n) is 1.07. The summed E-state index contributed by atoms with van der Waals surface area (Å²) in [5.74, 6) is 0.140. The van der Waals surface area contributed by atoms with Crippen molar-refractivity contribution >= 4 is 0 Å². The summed E-state index contributed by atoms with van der Waals surface area (Å²) in [6.45, 7) is 5.16. The fraction of sp³-hybridized carbons (Fsp3) is 1.00. The van der Waals surface area contributed by atoms with Crippen molar-refractivity contribution in [3.05, 3.63) is 0 Å². The Morgan fingerprint density at radius 1 is 1.55 bits per heavy atom. The van der Waals surface area contributed by atoms with E-state index in [1.165, 1.54) is 0 Å². The molecule has 0 aromatic heterocycles. The maximum Gasteiger partial charge on any atom is 0.0937 e. The molecule has 0 saturated heterocycles. The second-order valence-electron chi connectivity index (χ2n) is 2.85. The van der Waals surface area contributed by atoms with Crippen LogP contribution < -0.4 is 11.1 Å². The Labute approximate surface area is 68.3 Å². The van der Waals surface area contributed by atoms with Gasteiger partial charge in [-0.1, -0.05) is 6.92 Å². The van der Waals surface area contributed by atoms with Gasteiger partial charge in [0.15, 0.2) is 0 Å². The first-order chi connectivity index (χ1) is 5.26. The molecule has 0 heterocycles. The number of nitrogens with two attached hydrogens (primary N) is 1. The third-order valence-corrected chi connectivity index (χ3v) is 2.04. The first-order valence-corrected chi connectivity index (χ1v) is 4.25. The molecule has 0 aromatic carbocycles. The minimum absolute atomic E-state index is 0.140. The van der Waals surface area contributed by atoms with Crippen LogP contribution in [0.3, 0.4) is 0 Å². The Kier molecular flexibility index (Phi) is 6.46. The van der Waals surface area contributed by atoms with E-state index in [2.05, 4.69) is 5.32 Å². The van der Waals surface area contributed by atoms with E-state index in [4.69, 9.17) is 5.73 Å². The second-order valence-corrected chi connectivity index (χ2v) is 2.85. The van der Waals surface area contributed by atoms with Gasteiger partial charge in [-0.2, -0.15) is 0 Å². The van der Waals surface area contributed by atoms with Gasteiger partial charge in [-0.05, 0) is 13.3 Å². The first kappa shape index (κ1) is 10.8. The average Bonchev–Trinajstić information content (AvgIpc) is 2.03. The molecule has 0 saturated carbocycles. The van der Waals surface area contributed by atoms with Crippen molar-refractivity contribution in [2.24, 2.45) is 11.7 Å². The lowest BCUT2D eigenvalue weighted by molar-refractivity contribution is 0.285. The number of alkyl halides is 1. The van der Waals surface area contributed by atoms with Crippen LogP contribution in [-0.2, 0) is 0 Å². The number of halogens is 1. The molecule has 0 amide bonds. The molecule has 0 rings (SSSR count). The van der Waals surface area contributed by atoms with Crippen LogP contribution in [0.15, 0.2) is 0 Å². The summed E-state index contributed by atoms with van der Waals surface area (Å²) in [5.41, 5.74) is 5.30. The lowest BCUT2D eigenvalue weighted by Gasteiger charge is -2.20. The highest BCUT2D eigenvalue weighted by atomic mass is 19.1. The van der Waals surface area contributed by atoms with E-state index >= 15 is 0 Å². The lowest BCUT2D eigenvalue weighted by Crippen LogP contribution is -2.37. The summed E-state index contributed by atoms with van der Waals surface area (Å²) in [6.07, 6.45) is 0.884. The smallest absolute Gasteiger partial charge is 0.0937 e. The largest absolute Gasteiger partial charge is 0.329 e. The molecule has 0 fully saturated rings. The highest BCUT2D eigenvalue weighted by Gasteiger charge is 2.13. The molecular formula is C8H19FN2. The molecule has 0 spiro atoms. The Hall–Kier alpha value is -0.150. The summed E-state index contributed by atoms with van der Waals surface area (Å²) >= 11 is 0. The van der Waals surface area contributed by atoms with Gasteiger partial charge in [0.05, 0.1) is 6.67 Å². The normalized spacial score (nSPS) is 16.4. The predicted molar refractivity (Wildman–Crippen MR) is 46.3 cm³/mol. The van der Waals surface area contributed by atoms with E-state index in [1.54, 1.807) is 0 Å². The zero-order chi connectivity index (χ0) is 8.69. The van der Waals surface area contributed by atoms with Crippen molar-refractivity contribution in [3.63, 3.8) is 0 Å². The van der Waals surface area contributed by atoms with Crippen molar-refractivity contribution in [2.45, 2.75) is 26.3 Å². The summed E-state index contributed by atoms with van der Waals surface area (Å²) in [6, 6.07) is 0.244. The zero-order valence-electron chi connectivity index (χ0n) is 7.44. The van der Waals surface area contributed by atoms with E-state index in [0.717, 1.165) is 13.0 Å². The number of hydrogen-bond donors (Lipinski definition) is 2. The Morgan fingerprint density at radius 2 is 2.18 bits per heavy atom. The van der Waals surface area contributed by atoms with E-state index < -0.39 is 0 Å². The molecule has 0 aliphatic heterocycles. The third-order valence-electron chi connectivity index (χ3n) is 2.04. The van der Waals surface area contributed by atoms with Crippen molar-refractivity contribution < 1.29 is 4.39 Å². The van der Waals surface area contributed by atoms with Gasteiger partial charge in [0, 0.05) is 25.0 Å². The van der Waals surface area contributed by atoms with E-state index in [0.29, 0.717) is 6.54 Å².